The van der Waals surface area contributed by atoms with Gasteiger partial charge in [0.15, 0.2) is 0 Å². The number of nitriles is 1. The molecule has 0 bridgehead atoms. The summed E-state index contributed by atoms with van der Waals surface area (Å²) in [6.45, 7) is 12.9. The standard InChI is InChI=1S/C19H28N4O/c1-13(2)9-17-16-12-24-19(3,4)10-14(16)15(11-20)18(22-17)23-7-5-21-6-8-23/h13,21H,5-10,12H2,1-4H3. The molecule has 3 heterocycles. The molecule has 2 aliphatic rings. The van der Waals surface area contributed by atoms with Crippen LogP contribution in [0, 0.1) is 17.2 Å². The summed E-state index contributed by atoms with van der Waals surface area (Å²) in [5, 5.41) is 13.2. The van der Waals surface area contributed by atoms with Gasteiger partial charge in [0.2, 0.25) is 0 Å². The molecule has 0 aliphatic carbocycles. The molecule has 0 atom stereocenters. The van der Waals surface area contributed by atoms with Crippen molar-refractivity contribution in [3.63, 3.8) is 0 Å². The maximum Gasteiger partial charge on any atom is 0.147 e. The van der Waals surface area contributed by atoms with Crippen LogP contribution >= 0.6 is 0 Å². The second kappa shape index (κ2) is 6.70. The second-order valence-electron chi connectivity index (χ2n) is 7.89. The van der Waals surface area contributed by atoms with Gasteiger partial charge >= 0.3 is 0 Å². The molecule has 2 aliphatic heterocycles. The molecule has 130 valence electrons. The molecule has 0 spiro atoms. The van der Waals surface area contributed by atoms with Crippen LogP contribution in [0.1, 0.15) is 50.1 Å². The van der Waals surface area contributed by atoms with Crippen molar-refractivity contribution in [2.24, 2.45) is 5.92 Å². The fraction of sp³-hybridized carbons (Fsp3) is 0.684. The summed E-state index contributed by atoms with van der Waals surface area (Å²) in [4.78, 5) is 7.23. The van der Waals surface area contributed by atoms with Crippen molar-refractivity contribution in [1.82, 2.24) is 10.3 Å². The molecule has 1 N–H and O–H groups in total. The fourth-order valence-corrected chi connectivity index (χ4v) is 3.60. The van der Waals surface area contributed by atoms with Crippen molar-refractivity contribution in [3.05, 3.63) is 22.4 Å². The molecule has 5 heteroatoms. The molecule has 0 radical (unpaired) electrons. The van der Waals surface area contributed by atoms with E-state index < -0.39 is 0 Å². The Balaban J connectivity index is 2.13. The van der Waals surface area contributed by atoms with Crippen LogP contribution < -0.4 is 10.2 Å². The van der Waals surface area contributed by atoms with E-state index >= 15 is 0 Å². The maximum absolute atomic E-state index is 9.87. The largest absolute Gasteiger partial charge is 0.370 e. The van der Waals surface area contributed by atoms with E-state index in [0.717, 1.165) is 67.2 Å². The molecule has 24 heavy (non-hydrogen) atoms. The minimum atomic E-state index is -0.226. The zero-order chi connectivity index (χ0) is 17.3. The molecular weight excluding hydrogens is 300 g/mol. The van der Waals surface area contributed by atoms with Gasteiger partial charge in [0.05, 0.1) is 17.8 Å². The minimum absolute atomic E-state index is 0.226. The third-order valence-electron chi connectivity index (χ3n) is 4.82. The van der Waals surface area contributed by atoms with E-state index in [0.29, 0.717) is 12.5 Å². The summed E-state index contributed by atoms with van der Waals surface area (Å²) >= 11 is 0. The SMILES string of the molecule is CC(C)Cc1nc(N2CCNCC2)c(C#N)c2c1COC(C)(C)C2. The zero-order valence-electron chi connectivity index (χ0n) is 15.3. The van der Waals surface area contributed by atoms with E-state index in [9.17, 15) is 5.26 Å². The topological polar surface area (TPSA) is 61.2 Å². The Labute approximate surface area is 145 Å². The number of anilines is 1. The van der Waals surface area contributed by atoms with Gasteiger partial charge in [0, 0.05) is 43.9 Å². The van der Waals surface area contributed by atoms with Gasteiger partial charge in [-0.05, 0) is 31.7 Å². The number of hydrogen-bond acceptors (Lipinski definition) is 5. The lowest BCUT2D eigenvalue weighted by atomic mass is 9.86. The first-order valence-electron chi connectivity index (χ1n) is 8.95. The Morgan fingerprint density at radius 1 is 1.29 bits per heavy atom. The molecule has 3 rings (SSSR count). The minimum Gasteiger partial charge on any atom is -0.370 e. The van der Waals surface area contributed by atoms with Crippen molar-refractivity contribution < 1.29 is 4.74 Å². The molecule has 1 fully saturated rings. The number of pyridine rings is 1. The average Bonchev–Trinajstić information content (AvgIpc) is 2.53. The molecule has 0 saturated carbocycles. The highest BCUT2D eigenvalue weighted by atomic mass is 16.5. The lowest BCUT2D eigenvalue weighted by Gasteiger charge is -2.36. The molecule has 1 aromatic rings. The quantitative estimate of drug-likeness (QED) is 0.923. The highest BCUT2D eigenvalue weighted by molar-refractivity contribution is 5.62. The second-order valence-corrected chi connectivity index (χ2v) is 7.89. The van der Waals surface area contributed by atoms with Crippen LogP contribution in [0.2, 0.25) is 0 Å². The van der Waals surface area contributed by atoms with Crippen LogP contribution in [0.4, 0.5) is 5.82 Å². The Hall–Kier alpha value is -1.64. The number of rotatable bonds is 3. The third kappa shape index (κ3) is 3.40. The predicted molar refractivity (Wildman–Crippen MR) is 95.1 cm³/mol. The van der Waals surface area contributed by atoms with Gasteiger partial charge < -0.3 is 15.0 Å². The van der Waals surface area contributed by atoms with Crippen LogP contribution in [0.25, 0.3) is 0 Å². The number of piperazine rings is 1. The van der Waals surface area contributed by atoms with Crippen molar-refractivity contribution >= 4 is 5.82 Å². The molecule has 0 unspecified atom stereocenters. The van der Waals surface area contributed by atoms with E-state index in [4.69, 9.17) is 9.72 Å². The molecule has 1 saturated heterocycles. The average molecular weight is 328 g/mol. The zero-order valence-corrected chi connectivity index (χ0v) is 15.3. The van der Waals surface area contributed by atoms with Gasteiger partial charge in [-0.15, -0.1) is 0 Å². The van der Waals surface area contributed by atoms with Crippen molar-refractivity contribution in [1.29, 1.82) is 5.26 Å². The summed E-state index contributed by atoms with van der Waals surface area (Å²) in [6.07, 6.45) is 1.70. The van der Waals surface area contributed by atoms with Crippen molar-refractivity contribution in [2.45, 2.75) is 52.7 Å². The smallest absolute Gasteiger partial charge is 0.147 e. The third-order valence-corrected chi connectivity index (χ3v) is 4.82. The number of hydrogen-bond donors (Lipinski definition) is 1. The molecule has 0 aromatic carbocycles. The van der Waals surface area contributed by atoms with Gasteiger partial charge in [-0.3, -0.25) is 0 Å². The molecule has 1 aromatic heterocycles. The summed E-state index contributed by atoms with van der Waals surface area (Å²) in [7, 11) is 0. The monoisotopic (exact) mass is 328 g/mol. The lowest BCUT2D eigenvalue weighted by Crippen LogP contribution is -2.44. The van der Waals surface area contributed by atoms with Crippen LogP contribution in [0.3, 0.4) is 0 Å². The summed E-state index contributed by atoms with van der Waals surface area (Å²) in [6, 6.07) is 2.46. The Morgan fingerprint density at radius 2 is 2.00 bits per heavy atom. The first-order chi connectivity index (χ1) is 11.4. The summed E-state index contributed by atoms with van der Waals surface area (Å²) < 4.78 is 6.03. The maximum atomic E-state index is 9.87. The highest BCUT2D eigenvalue weighted by Crippen LogP contribution is 2.36. The van der Waals surface area contributed by atoms with Crippen LogP contribution in [-0.4, -0.2) is 36.8 Å². The van der Waals surface area contributed by atoms with Gasteiger partial charge in [-0.1, -0.05) is 13.8 Å². The van der Waals surface area contributed by atoms with E-state index in [-0.39, 0.29) is 5.60 Å². The van der Waals surface area contributed by atoms with E-state index in [2.05, 4.69) is 44.0 Å². The lowest BCUT2D eigenvalue weighted by molar-refractivity contribution is -0.0407. The van der Waals surface area contributed by atoms with E-state index in [1.54, 1.807) is 0 Å². The molecular formula is C19H28N4O. The van der Waals surface area contributed by atoms with Gasteiger partial charge in [0.25, 0.3) is 0 Å². The van der Waals surface area contributed by atoms with Crippen molar-refractivity contribution in [2.75, 3.05) is 31.1 Å². The number of ether oxygens (including phenoxy) is 1. The number of aromatic nitrogens is 1. The highest BCUT2D eigenvalue weighted by Gasteiger charge is 2.33. The first-order valence-corrected chi connectivity index (χ1v) is 8.95. The normalized spacial score (nSPS) is 19.9. The fourth-order valence-electron chi connectivity index (χ4n) is 3.60. The first kappa shape index (κ1) is 17.2. The molecule has 0 amide bonds. The number of nitrogens with one attached hydrogen (secondary N) is 1. The van der Waals surface area contributed by atoms with E-state index in [1.165, 1.54) is 0 Å². The summed E-state index contributed by atoms with van der Waals surface area (Å²) in [5.74, 6) is 1.41. The van der Waals surface area contributed by atoms with Gasteiger partial charge in [-0.2, -0.15) is 5.26 Å². The van der Waals surface area contributed by atoms with Crippen LogP contribution in [0.15, 0.2) is 0 Å². The predicted octanol–water partition coefficient (Wildman–Crippen LogP) is 2.41. The summed E-state index contributed by atoms with van der Waals surface area (Å²) in [5.41, 5.74) is 3.96. The Bertz CT molecular complexity index is 654. The van der Waals surface area contributed by atoms with Gasteiger partial charge in [0.1, 0.15) is 11.9 Å². The van der Waals surface area contributed by atoms with Gasteiger partial charge in [-0.25, -0.2) is 4.98 Å². The van der Waals surface area contributed by atoms with E-state index in [1.807, 2.05) is 0 Å². The number of fused-ring (bicyclic) bond motifs is 1. The van der Waals surface area contributed by atoms with Crippen molar-refractivity contribution in [3.8, 4) is 6.07 Å². The van der Waals surface area contributed by atoms with Crippen LogP contribution in [-0.2, 0) is 24.2 Å². The molecule has 5 nitrogen and oxygen atoms in total. The Kier molecular flexibility index (Phi) is 4.80. The number of nitrogens with zero attached hydrogens (tertiary/aromatic N) is 3. The van der Waals surface area contributed by atoms with Crippen LogP contribution in [0.5, 0.6) is 0 Å². The Morgan fingerprint density at radius 3 is 2.62 bits per heavy atom.